The average molecular weight is 338 g/mol. The van der Waals surface area contributed by atoms with Gasteiger partial charge in [-0.25, -0.2) is 4.79 Å². The van der Waals surface area contributed by atoms with Crippen LogP contribution < -0.4 is 10.6 Å². The highest BCUT2D eigenvalue weighted by Gasteiger charge is 2.18. The number of aromatic hydroxyl groups is 2. The first-order valence-electron chi connectivity index (χ1n) is 8.28. The lowest BCUT2D eigenvalue weighted by Crippen LogP contribution is -2.43. The maximum atomic E-state index is 11.8. The Balaban J connectivity index is 2.57. The molecule has 0 saturated carbocycles. The third kappa shape index (κ3) is 8.06. The number of carbonyl (C=O) groups is 1. The molecule has 1 aromatic carbocycles. The van der Waals surface area contributed by atoms with Crippen molar-refractivity contribution in [3.63, 3.8) is 0 Å². The molecule has 0 aromatic heterocycles. The molecule has 1 rings (SSSR count). The number of amides is 1. The van der Waals surface area contributed by atoms with Crippen molar-refractivity contribution in [3.8, 4) is 11.5 Å². The van der Waals surface area contributed by atoms with Crippen LogP contribution in [0, 0.1) is 5.92 Å². The Morgan fingerprint density at radius 2 is 1.92 bits per heavy atom. The Bertz CT molecular complexity index is 538. The van der Waals surface area contributed by atoms with Gasteiger partial charge in [-0.15, -0.1) is 0 Å². The van der Waals surface area contributed by atoms with Gasteiger partial charge in [-0.05, 0) is 39.2 Å². The predicted molar refractivity (Wildman–Crippen MR) is 94.1 cm³/mol. The van der Waals surface area contributed by atoms with Crippen LogP contribution in [0.15, 0.2) is 18.2 Å². The fourth-order valence-corrected chi connectivity index (χ4v) is 2.28. The number of benzene rings is 1. The van der Waals surface area contributed by atoms with E-state index in [1.165, 1.54) is 12.1 Å². The van der Waals surface area contributed by atoms with Crippen LogP contribution in [0.5, 0.6) is 11.5 Å². The molecule has 136 valence electrons. The van der Waals surface area contributed by atoms with Crippen LogP contribution in [0.3, 0.4) is 0 Å². The van der Waals surface area contributed by atoms with E-state index in [1.54, 1.807) is 6.07 Å². The van der Waals surface area contributed by atoms with Gasteiger partial charge in [0.25, 0.3) is 0 Å². The monoisotopic (exact) mass is 338 g/mol. The number of carbonyl (C=O) groups excluding carboxylic acids is 1. The molecular formula is C18H30N2O4. The standard InChI is InChI=1S/C18H30N2O4/c1-12(2)8-14(11-20-17(23)24-18(3,4)5)19-10-13-6-7-15(21)9-16(13)22/h6-7,9,12,14,19,21-22H,8,10-11H2,1-5H3,(H,20,23). The lowest BCUT2D eigenvalue weighted by Gasteiger charge is -2.24. The Morgan fingerprint density at radius 1 is 1.25 bits per heavy atom. The first-order valence-corrected chi connectivity index (χ1v) is 8.28. The van der Waals surface area contributed by atoms with Crippen molar-refractivity contribution in [3.05, 3.63) is 23.8 Å². The number of ether oxygens (including phenoxy) is 1. The van der Waals surface area contributed by atoms with Gasteiger partial charge in [-0.1, -0.05) is 19.9 Å². The molecule has 0 fully saturated rings. The summed E-state index contributed by atoms with van der Waals surface area (Å²) >= 11 is 0. The summed E-state index contributed by atoms with van der Waals surface area (Å²) in [5.74, 6) is 0.531. The third-order valence-corrected chi connectivity index (χ3v) is 3.30. The van der Waals surface area contributed by atoms with Gasteiger partial charge < -0.3 is 25.6 Å². The van der Waals surface area contributed by atoms with Crippen molar-refractivity contribution in [1.29, 1.82) is 0 Å². The number of hydrogen-bond acceptors (Lipinski definition) is 5. The zero-order valence-electron chi connectivity index (χ0n) is 15.2. The minimum absolute atomic E-state index is 0.0292. The minimum atomic E-state index is -0.525. The highest BCUT2D eigenvalue weighted by Crippen LogP contribution is 2.22. The first-order chi connectivity index (χ1) is 11.1. The molecule has 0 radical (unpaired) electrons. The lowest BCUT2D eigenvalue weighted by molar-refractivity contribution is 0.0520. The topological polar surface area (TPSA) is 90.8 Å². The molecule has 1 atom stereocenters. The maximum Gasteiger partial charge on any atom is 0.407 e. The molecule has 1 amide bonds. The summed E-state index contributed by atoms with van der Waals surface area (Å²) < 4.78 is 5.24. The maximum absolute atomic E-state index is 11.8. The molecule has 0 aliphatic heterocycles. The Morgan fingerprint density at radius 3 is 2.46 bits per heavy atom. The highest BCUT2D eigenvalue weighted by molar-refractivity contribution is 5.67. The predicted octanol–water partition coefficient (Wildman–Crippen LogP) is 3.13. The number of phenols is 2. The second-order valence-electron chi connectivity index (χ2n) is 7.40. The van der Waals surface area contributed by atoms with Crippen LogP contribution in [0.2, 0.25) is 0 Å². The van der Waals surface area contributed by atoms with E-state index in [9.17, 15) is 15.0 Å². The molecule has 6 nitrogen and oxygen atoms in total. The molecule has 1 unspecified atom stereocenters. The van der Waals surface area contributed by atoms with Crippen molar-refractivity contribution in [1.82, 2.24) is 10.6 Å². The molecule has 1 aromatic rings. The van der Waals surface area contributed by atoms with Gasteiger partial charge in [-0.2, -0.15) is 0 Å². The Hall–Kier alpha value is -1.95. The van der Waals surface area contributed by atoms with E-state index in [-0.39, 0.29) is 17.5 Å². The molecule has 0 heterocycles. The highest BCUT2D eigenvalue weighted by atomic mass is 16.6. The first kappa shape index (κ1) is 20.1. The van der Waals surface area contributed by atoms with Crippen LogP contribution in [-0.4, -0.2) is 34.5 Å². The summed E-state index contributed by atoms with van der Waals surface area (Å²) in [6, 6.07) is 4.57. The summed E-state index contributed by atoms with van der Waals surface area (Å²) in [4.78, 5) is 11.8. The summed E-state index contributed by atoms with van der Waals surface area (Å²) in [7, 11) is 0. The largest absolute Gasteiger partial charge is 0.508 e. The van der Waals surface area contributed by atoms with Gasteiger partial charge in [0.2, 0.25) is 0 Å². The zero-order valence-corrected chi connectivity index (χ0v) is 15.2. The summed E-state index contributed by atoms with van der Waals surface area (Å²) in [6.07, 6.45) is 0.430. The fourth-order valence-electron chi connectivity index (χ4n) is 2.28. The molecule has 0 bridgehead atoms. The van der Waals surface area contributed by atoms with E-state index in [2.05, 4.69) is 24.5 Å². The van der Waals surface area contributed by atoms with Gasteiger partial charge in [0.05, 0.1) is 0 Å². The molecule has 0 aliphatic rings. The van der Waals surface area contributed by atoms with Crippen molar-refractivity contribution in [2.24, 2.45) is 5.92 Å². The quantitative estimate of drug-likeness (QED) is 0.613. The van der Waals surface area contributed by atoms with Gasteiger partial charge in [0.1, 0.15) is 17.1 Å². The summed E-state index contributed by atoms with van der Waals surface area (Å²) in [5.41, 5.74) is 0.168. The Labute approximate surface area is 144 Å². The van der Waals surface area contributed by atoms with Crippen molar-refractivity contribution < 1.29 is 19.7 Å². The smallest absolute Gasteiger partial charge is 0.407 e. The molecule has 6 heteroatoms. The van der Waals surface area contributed by atoms with Crippen LogP contribution >= 0.6 is 0 Å². The van der Waals surface area contributed by atoms with E-state index in [0.29, 0.717) is 24.6 Å². The van der Waals surface area contributed by atoms with Crippen molar-refractivity contribution in [2.45, 2.75) is 59.2 Å². The summed E-state index contributed by atoms with van der Waals surface area (Å²) in [6.45, 7) is 10.6. The molecular weight excluding hydrogens is 308 g/mol. The van der Waals surface area contributed by atoms with E-state index in [1.807, 2.05) is 20.8 Å². The number of alkyl carbamates (subject to hydrolysis) is 1. The van der Waals surface area contributed by atoms with Crippen LogP contribution in [0.4, 0.5) is 4.79 Å². The van der Waals surface area contributed by atoms with Gasteiger partial charge in [-0.3, -0.25) is 0 Å². The minimum Gasteiger partial charge on any atom is -0.508 e. The van der Waals surface area contributed by atoms with Gasteiger partial charge in [0.15, 0.2) is 0 Å². The van der Waals surface area contributed by atoms with E-state index < -0.39 is 11.7 Å². The second kappa shape index (κ2) is 8.78. The lowest BCUT2D eigenvalue weighted by atomic mass is 10.0. The van der Waals surface area contributed by atoms with Crippen LogP contribution in [-0.2, 0) is 11.3 Å². The number of hydrogen-bond donors (Lipinski definition) is 4. The molecule has 4 N–H and O–H groups in total. The van der Waals surface area contributed by atoms with E-state index in [4.69, 9.17) is 4.74 Å². The molecule has 0 spiro atoms. The molecule has 0 aliphatic carbocycles. The van der Waals surface area contributed by atoms with Gasteiger partial charge >= 0.3 is 6.09 Å². The van der Waals surface area contributed by atoms with Gasteiger partial charge in [0, 0.05) is 30.8 Å². The van der Waals surface area contributed by atoms with E-state index >= 15 is 0 Å². The summed E-state index contributed by atoms with van der Waals surface area (Å²) in [5, 5.41) is 25.3. The average Bonchev–Trinajstić information content (AvgIpc) is 2.41. The van der Waals surface area contributed by atoms with Crippen molar-refractivity contribution >= 4 is 6.09 Å². The van der Waals surface area contributed by atoms with Crippen molar-refractivity contribution in [2.75, 3.05) is 6.54 Å². The third-order valence-electron chi connectivity index (χ3n) is 3.30. The van der Waals surface area contributed by atoms with Crippen LogP contribution in [0.25, 0.3) is 0 Å². The van der Waals surface area contributed by atoms with E-state index in [0.717, 1.165) is 6.42 Å². The zero-order chi connectivity index (χ0) is 18.3. The molecule has 0 saturated heterocycles. The number of rotatable bonds is 7. The second-order valence-corrected chi connectivity index (χ2v) is 7.40. The number of nitrogens with one attached hydrogen (secondary N) is 2. The fraction of sp³-hybridized carbons (Fsp3) is 0.611. The normalized spacial score (nSPS) is 12.9. The van der Waals surface area contributed by atoms with Crippen LogP contribution in [0.1, 0.15) is 46.6 Å². The Kier molecular flexibility index (Phi) is 7.35. The molecule has 24 heavy (non-hydrogen) atoms. The number of phenolic OH excluding ortho intramolecular Hbond substituents is 2. The SMILES string of the molecule is CC(C)CC(CNC(=O)OC(C)(C)C)NCc1ccc(O)cc1O.